The second-order valence-electron chi connectivity index (χ2n) is 7.28. The first-order valence-corrected chi connectivity index (χ1v) is 10.3. The molecule has 1 heterocycles. The third-order valence-electron chi connectivity index (χ3n) is 5.00. The third-order valence-corrected chi connectivity index (χ3v) is 5.00. The van der Waals surface area contributed by atoms with E-state index in [9.17, 15) is 9.90 Å². The van der Waals surface area contributed by atoms with Crippen molar-refractivity contribution in [2.24, 2.45) is 0 Å². The second-order valence-corrected chi connectivity index (χ2v) is 7.28. The van der Waals surface area contributed by atoms with E-state index in [1.54, 1.807) is 0 Å². The Bertz CT molecular complexity index is 743. The Kier molecular flexibility index (Phi) is 7.90. The maximum absolute atomic E-state index is 12.3. The molecule has 0 bridgehead atoms. The van der Waals surface area contributed by atoms with Crippen LogP contribution < -0.4 is 14.8 Å². The van der Waals surface area contributed by atoms with Crippen molar-refractivity contribution in [2.75, 3.05) is 32.8 Å². The van der Waals surface area contributed by atoms with Crippen LogP contribution in [0.15, 0.2) is 54.6 Å². The number of nitrogens with zero attached hydrogens (tertiary/aromatic N) is 1. The lowest BCUT2D eigenvalue weighted by molar-refractivity contribution is 0.0567. The molecule has 1 saturated heterocycles. The number of hydrogen-bond acceptors (Lipinski definition) is 5. The van der Waals surface area contributed by atoms with E-state index in [0.717, 1.165) is 37.4 Å². The molecule has 0 radical (unpaired) electrons. The molecular weight excluding hydrogens is 368 g/mol. The normalized spacial score (nSPS) is 16.2. The minimum atomic E-state index is -0.558. The molecule has 1 aliphatic rings. The summed E-state index contributed by atoms with van der Waals surface area (Å²) in [6, 6.07) is 16.9. The highest BCUT2D eigenvalue weighted by atomic mass is 16.5. The van der Waals surface area contributed by atoms with Crippen LogP contribution in [0, 0.1) is 0 Å². The average molecular weight is 399 g/mol. The van der Waals surface area contributed by atoms with Gasteiger partial charge in [0.25, 0.3) is 5.91 Å². The van der Waals surface area contributed by atoms with E-state index in [-0.39, 0.29) is 18.6 Å². The van der Waals surface area contributed by atoms with Crippen molar-refractivity contribution in [2.45, 2.75) is 31.9 Å². The molecule has 29 heavy (non-hydrogen) atoms. The average Bonchev–Trinajstić information content (AvgIpc) is 2.75. The summed E-state index contributed by atoms with van der Waals surface area (Å²) in [7, 11) is 0. The summed E-state index contributed by atoms with van der Waals surface area (Å²) in [5.41, 5.74) is 0.691. The third kappa shape index (κ3) is 6.76. The van der Waals surface area contributed by atoms with Gasteiger partial charge in [0.1, 0.15) is 24.2 Å². The predicted molar refractivity (Wildman–Crippen MR) is 112 cm³/mol. The van der Waals surface area contributed by atoms with Gasteiger partial charge in [0.2, 0.25) is 0 Å². The number of β-amino-alcohol motifs (C(OH)–C–C–N with tert-alkyl or cyclic N) is 1. The van der Waals surface area contributed by atoms with Gasteiger partial charge >= 0.3 is 0 Å². The van der Waals surface area contributed by atoms with E-state index in [1.165, 1.54) is 0 Å². The summed E-state index contributed by atoms with van der Waals surface area (Å²) in [6.45, 7) is 5.08. The summed E-state index contributed by atoms with van der Waals surface area (Å²) in [6.07, 6.45) is 1.20. The van der Waals surface area contributed by atoms with Crippen molar-refractivity contribution in [3.05, 3.63) is 60.2 Å². The van der Waals surface area contributed by atoms with Gasteiger partial charge in [-0.15, -0.1) is 0 Å². The number of benzene rings is 2. The molecule has 1 unspecified atom stereocenters. The number of likely N-dealkylation sites (tertiary alicyclic amines) is 1. The number of hydrogen-bond donors (Lipinski definition) is 2. The zero-order valence-electron chi connectivity index (χ0n) is 16.9. The number of carbonyl (C=O) groups is 1. The van der Waals surface area contributed by atoms with Crippen LogP contribution in [0.3, 0.4) is 0 Å². The number of amides is 1. The molecule has 156 valence electrons. The minimum absolute atomic E-state index is 0.0205. The van der Waals surface area contributed by atoms with Crippen LogP contribution in [0.5, 0.6) is 11.5 Å². The summed E-state index contributed by atoms with van der Waals surface area (Å²) < 4.78 is 11.1. The fourth-order valence-corrected chi connectivity index (χ4v) is 3.46. The van der Waals surface area contributed by atoms with Gasteiger partial charge in [0.05, 0.1) is 6.61 Å². The van der Waals surface area contributed by atoms with E-state index in [0.29, 0.717) is 18.7 Å². The van der Waals surface area contributed by atoms with Crippen molar-refractivity contribution in [1.82, 2.24) is 10.2 Å². The molecule has 1 aliphatic heterocycles. The minimum Gasteiger partial charge on any atom is -0.494 e. The molecule has 2 N–H and O–H groups in total. The smallest absolute Gasteiger partial charge is 0.251 e. The van der Waals surface area contributed by atoms with Crippen LogP contribution in [-0.2, 0) is 0 Å². The topological polar surface area (TPSA) is 71.0 Å². The van der Waals surface area contributed by atoms with Crippen molar-refractivity contribution in [3.63, 3.8) is 0 Å². The van der Waals surface area contributed by atoms with Crippen LogP contribution in [0.2, 0.25) is 0 Å². The second kappa shape index (κ2) is 10.8. The Morgan fingerprint density at radius 1 is 1.07 bits per heavy atom. The number of ether oxygens (including phenoxy) is 2. The Labute approximate surface area is 172 Å². The van der Waals surface area contributed by atoms with Gasteiger partial charge in [-0.1, -0.05) is 18.2 Å². The first-order chi connectivity index (χ1) is 14.1. The maximum Gasteiger partial charge on any atom is 0.251 e. The van der Waals surface area contributed by atoms with Crippen molar-refractivity contribution >= 4 is 5.91 Å². The highest BCUT2D eigenvalue weighted by molar-refractivity contribution is 5.94. The highest BCUT2D eigenvalue weighted by Gasteiger charge is 2.22. The summed E-state index contributed by atoms with van der Waals surface area (Å²) in [4.78, 5) is 14.5. The molecule has 0 saturated carbocycles. The zero-order chi connectivity index (χ0) is 20.5. The number of aliphatic hydroxyl groups is 1. The largest absolute Gasteiger partial charge is 0.494 e. The first-order valence-electron chi connectivity index (χ1n) is 10.3. The number of rotatable bonds is 9. The number of piperidine rings is 1. The monoisotopic (exact) mass is 398 g/mol. The quantitative estimate of drug-likeness (QED) is 0.680. The molecule has 2 aromatic rings. The van der Waals surface area contributed by atoms with E-state index in [4.69, 9.17) is 9.47 Å². The first kappa shape index (κ1) is 21.1. The molecule has 3 rings (SSSR count). The molecule has 0 spiro atoms. The van der Waals surface area contributed by atoms with Crippen LogP contribution in [0.4, 0.5) is 0 Å². The number of aliphatic hydroxyl groups excluding tert-OH is 1. The van der Waals surface area contributed by atoms with Crippen LogP contribution in [0.25, 0.3) is 0 Å². The van der Waals surface area contributed by atoms with Gasteiger partial charge in [0.15, 0.2) is 0 Å². The number of carbonyl (C=O) groups excluding carboxylic acids is 1. The summed E-state index contributed by atoms with van der Waals surface area (Å²) in [5.74, 6) is 1.50. The summed E-state index contributed by atoms with van der Waals surface area (Å²) in [5, 5.41) is 13.4. The molecule has 1 amide bonds. The zero-order valence-corrected chi connectivity index (χ0v) is 16.9. The van der Waals surface area contributed by atoms with Gasteiger partial charge in [-0.25, -0.2) is 0 Å². The lowest BCUT2D eigenvalue weighted by Gasteiger charge is -2.33. The van der Waals surface area contributed by atoms with E-state index < -0.39 is 6.10 Å². The Hall–Kier alpha value is -2.57. The van der Waals surface area contributed by atoms with Crippen LogP contribution in [0.1, 0.15) is 30.1 Å². The summed E-state index contributed by atoms with van der Waals surface area (Å²) >= 11 is 0. The van der Waals surface area contributed by atoms with Gasteiger partial charge in [0, 0.05) is 31.2 Å². The molecule has 2 aromatic carbocycles. The predicted octanol–water partition coefficient (Wildman–Crippen LogP) is 2.72. The van der Waals surface area contributed by atoms with Crippen molar-refractivity contribution in [1.29, 1.82) is 0 Å². The Morgan fingerprint density at radius 3 is 2.31 bits per heavy atom. The van der Waals surface area contributed by atoms with Gasteiger partial charge in [-0.3, -0.25) is 4.79 Å². The fraction of sp³-hybridized carbons (Fsp3) is 0.435. The van der Waals surface area contributed by atoms with E-state index in [1.807, 2.05) is 61.5 Å². The fourth-order valence-electron chi connectivity index (χ4n) is 3.46. The van der Waals surface area contributed by atoms with Crippen LogP contribution in [-0.4, -0.2) is 60.9 Å². The SMILES string of the molecule is CCOc1ccc(OCC(O)CN2CCC(NC(=O)c3ccccc3)CC2)cc1. The molecule has 0 aromatic heterocycles. The molecule has 6 nitrogen and oxygen atoms in total. The number of nitrogens with one attached hydrogen (secondary N) is 1. The van der Waals surface area contributed by atoms with E-state index in [2.05, 4.69) is 10.2 Å². The van der Waals surface area contributed by atoms with Gasteiger partial charge in [-0.05, 0) is 56.2 Å². The van der Waals surface area contributed by atoms with Crippen molar-refractivity contribution < 1.29 is 19.4 Å². The Morgan fingerprint density at radius 2 is 1.69 bits per heavy atom. The lowest BCUT2D eigenvalue weighted by atomic mass is 10.0. The molecular formula is C23H30N2O4. The standard InChI is InChI=1S/C23H30N2O4/c1-2-28-21-8-10-22(11-9-21)29-17-20(26)16-25-14-12-19(13-15-25)24-23(27)18-6-4-3-5-7-18/h3-11,19-20,26H,2,12-17H2,1H3,(H,24,27). The maximum atomic E-state index is 12.3. The molecule has 1 fully saturated rings. The van der Waals surface area contributed by atoms with E-state index >= 15 is 0 Å². The molecule has 0 aliphatic carbocycles. The lowest BCUT2D eigenvalue weighted by Crippen LogP contribution is -2.47. The van der Waals surface area contributed by atoms with Gasteiger partial charge in [-0.2, -0.15) is 0 Å². The highest BCUT2D eigenvalue weighted by Crippen LogP contribution is 2.18. The molecule has 6 heteroatoms. The van der Waals surface area contributed by atoms with Gasteiger partial charge < -0.3 is 24.8 Å². The Balaban J connectivity index is 1.35. The van der Waals surface area contributed by atoms with Crippen molar-refractivity contribution in [3.8, 4) is 11.5 Å². The van der Waals surface area contributed by atoms with Crippen LogP contribution >= 0.6 is 0 Å². The molecule has 1 atom stereocenters.